The van der Waals surface area contributed by atoms with Gasteiger partial charge in [-0.2, -0.15) is 11.8 Å². The minimum absolute atomic E-state index is 0.898. The van der Waals surface area contributed by atoms with Crippen LogP contribution in [0.3, 0.4) is 0 Å². The zero-order valence-electron chi connectivity index (χ0n) is 14.5. The van der Waals surface area contributed by atoms with E-state index in [0.29, 0.717) is 0 Å². The van der Waals surface area contributed by atoms with E-state index in [4.69, 9.17) is 9.47 Å². The highest BCUT2D eigenvalue weighted by Gasteiger charge is 1.94. The number of rotatable bonds is 18. The molecule has 0 spiro atoms. The molecule has 0 aromatic rings. The fraction of sp³-hybridized carbons (Fsp3) is 1.00. The third kappa shape index (κ3) is 20.3. The first-order valence-corrected chi connectivity index (χ1v) is 10.3. The van der Waals surface area contributed by atoms with Crippen molar-refractivity contribution in [2.45, 2.75) is 78.1 Å². The number of thioether (sulfide) groups is 1. The Kier molecular flexibility index (Phi) is 20.5. The van der Waals surface area contributed by atoms with Crippen molar-refractivity contribution in [1.29, 1.82) is 0 Å². The Balaban J connectivity index is 2.90. The Morgan fingerprint density at radius 2 is 0.952 bits per heavy atom. The van der Waals surface area contributed by atoms with Crippen LogP contribution in [0.4, 0.5) is 0 Å². The van der Waals surface area contributed by atoms with Crippen LogP contribution in [0.5, 0.6) is 0 Å². The second-order valence-electron chi connectivity index (χ2n) is 5.67. The zero-order valence-corrected chi connectivity index (χ0v) is 15.4. The molecule has 0 aliphatic rings. The van der Waals surface area contributed by atoms with E-state index in [-0.39, 0.29) is 0 Å². The van der Waals surface area contributed by atoms with Crippen LogP contribution in [-0.2, 0) is 9.47 Å². The maximum absolute atomic E-state index is 5.63. The van der Waals surface area contributed by atoms with Gasteiger partial charge in [-0.25, -0.2) is 0 Å². The zero-order chi connectivity index (χ0) is 15.4. The van der Waals surface area contributed by atoms with Crippen LogP contribution in [0.2, 0.25) is 0 Å². The van der Waals surface area contributed by atoms with E-state index >= 15 is 0 Å². The van der Waals surface area contributed by atoms with Crippen LogP contribution in [0.25, 0.3) is 0 Å². The summed E-state index contributed by atoms with van der Waals surface area (Å²) in [6.07, 6.45) is 13.2. The van der Waals surface area contributed by atoms with Gasteiger partial charge in [0.2, 0.25) is 0 Å². The average molecular weight is 319 g/mol. The fourth-order valence-corrected chi connectivity index (χ4v) is 2.83. The lowest BCUT2D eigenvalue weighted by Gasteiger charge is -2.05. The highest BCUT2D eigenvalue weighted by molar-refractivity contribution is 7.99. The Hall–Kier alpha value is 0.270. The van der Waals surface area contributed by atoms with Crippen LogP contribution < -0.4 is 0 Å². The van der Waals surface area contributed by atoms with E-state index in [9.17, 15) is 0 Å². The highest BCUT2D eigenvalue weighted by Crippen LogP contribution is 2.05. The molecular weight excluding hydrogens is 280 g/mol. The molecule has 0 saturated carbocycles. The van der Waals surface area contributed by atoms with Gasteiger partial charge in [-0.15, -0.1) is 0 Å². The molecule has 0 aromatic carbocycles. The Morgan fingerprint density at radius 1 is 0.524 bits per heavy atom. The third-order valence-electron chi connectivity index (χ3n) is 3.53. The lowest BCUT2D eigenvalue weighted by atomic mass is 10.2. The lowest BCUT2D eigenvalue weighted by molar-refractivity contribution is 0.142. The molecule has 0 aliphatic carbocycles. The molecule has 0 fully saturated rings. The Morgan fingerprint density at radius 3 is 1.38 bits per heavy atom. The van der Waals surface area contributed by atoms with E-state index in [2.05, 4.69) is 13.8 Å². The van der Waals surface area contributed by atoms with Gasteiger partial charge in [-0.05, 0) is 12.8 Å². The molecule has 0 amide bonds. The quantitative estimate of drug-likeness (QED) is 0.302. The maximum Gasteiger partial charge on any atom is 0.0556 e. The second-order valence-corrected chi connectivity index (χ2v) is 6.89. The first-order chi connectivity index (χ1) is 10.4. The van der Waals surface area contributed by atoms with Crippen molar-refractivity contribution in [1.82, 2.24) is 0 Å². The molecule has 0 heterocycles. The summed E-state index contributed by atoms with van der Waals surface area (Å²) in [6, 6.07) is 0. The summed E-state index contributed by atoms with van der Waals surface area (Å²) in [5.41, 5.74) is 0. The molecule has 3 heteroatoms. The molecule has 128 valence electrons. The summed E-state index contributed by atoms with van der Waals surface area (Å²) >= 11 is 1.95. The van der Waals surface area contributed by atoms with Crippen molar-refractivity contribution >= 4 is 11.8 Å². The van der Waals surface area contributed by atoms with Crippen LogP contribution in [0.1, 0.15) is 78.1 Å². The molecule has 0 atom stereocenters. The van der Waals surface area contributed by atoms with Crippen molar-refractivity contribution in [3.05, 3.63) is 0 Å². The van der Waals surface area contributed by atoms with Crippen LogP contribution in [0.15, 0.2) is 0 Å². The molecule has 0 aliphatic heterocycles. The number of hydrogen-bond donors (Lipinski definition) is 0. The molecule has 0 bridgehead atoms. The van der Waals surface area contributed by atoms with Gasteiger partial charge in [0.25, 0.3) is 0 Å². The van der Waals surface area contributed by atoms with E-state index in [1.165, 1.54) is 64.2 Å². The summed E-state index contributed by atoms with van der Waals surface area (Å²) in [4.78, 5) is 0. The van der Waals surface area contributed by atoms with Crippen molar-refractivity contribution in [2.75, 3.05) is 37.9 Å². The predicted octanol–water partition coefficient (Wildman–Crippen LogP) is 5.69. The second kappa shape index (κ2) is 20.3. The molecule has 0 unspecified atom stereocenters. The third-order valence-corrected chi connectivity index (χ3v) is 4.44. The lowest BCUT2D eigenvalue weighted by Crippen LogP contribution is -2.03. The van der Waals surface area contributed by atoms with Gasteiger partial charge in [0.15, 0.2) is 0 Å². The van der Waals surface area contributed by atoms with Gasteiger partial charge < -0.3 is 9.47 Å². The van der Waals surface area contributed by atoms with Crippen LogP contribution >= 0.6 is 11.8 Å². The summed E-state index contributed by atoms with van der Waals surface area (Å²) < 4.78 is 11.3. The van der Waals surface area contributed by atoms with Gasteiger partial charge >= 0.3 is 0 Å². The first kappa shape index (κ1) is 21.3. The first-order valence-electron chi connectivity index (χ1n) is 9.15. The summed E-state index contributed by atoms with van der Waals surface area (Å²) in [5.74, 6) is 2.21. The normalized spacial score (nSPS) is 11.1. The van der Waals surface area contributed by atoms with Gasteiger partial charge in [-0.1, -0.05) is 65.2 Å². The van der Waals surface area contributed by atoms with E-state index in [0.717, 1.165) is 37.9 Å². The maximum atomic E-state index is 5.63. The Bertz CT molecular complexity index is 159. The molecule has 0 radical (unpaired) electrons. The molecule has 0 rings (SSSR count). The topological polar surface area (TPSA) is 18.5 Å². The minimum atomic E-state index is 0.898. The van der Waals surface area contributed by atoms with Crippen molar-refractivity contribution in [2.24, 2.45) is 0 Å². The van der Waals surface area contributed by atoms with Gasteiger partial charge in [0.05, 0.1) is 13.2 Å². The van der Waals surface area contributed by atoms with Gasteiger partial charge in [0.1, 0.15) is 0 Å². The smallest absolute Gasteiger partial charge is 0.0556 e. The molecular formula is C18H38O2S. The summed E-state index contributed by atoms with van der Waals surface area (Å²) in [7, 11) is 0. The summed E-state index contributed by atoms with van der Waals surface area (Å²) in [6.45, 7) is 8.19. The average Bonchev–Trinajstić information content (AvgIpc) is 2.50. The van der Waals surface area contributed by atoms with E-state index < -0.39 is 0 Å². The van der Waals surface area contributed by atoms with Crippen molar-refractivity contribution < 1.29 is 9.47 Å². The van der Waals surface area contributed by atoms with E-state index in [1.807, 2.05) is 11.8 Å². The molecule has 0 aromatic heterocycles. The fourth-order valence-electron chi connectivity index (χ4n) is 2.16. The standard InChI is InChI=1S/C18H38O2S/c1-3-5-7-9-11-13-19-15-17-21-18-16-20-14-12-10-8-6-4-2/h3-18H2,1-2H3. The van der Waals surface area contributed by atoms with Crippen LogP contribution in [-0.4, -0.2) is 37.9 Å². The minimum Gasteiger partial charge on any atom is -0.381 e. The van der Waals surface area contributed by atoms with Gasteiger partial charge in [-0.3, -0.25) is 0 Å². The monoisotopic (exact) mass is 318 g/mol. The highest BCUT2D eigenvalue weighted by atomic mass is 32.2. The van der Waals surface area contributed by atoms with E-state index in [1.54, 1.807) is 0 Å². The number of hydrogen-bond acceptors (Lipinski definition) is 3. The van der Waals surface area contributed by atoms with Gasteiger partial charge in [0, 0.05) is 24.7 Å². The predicted molar refractivity (Wildman–Crippen MR) is 96.5 cm³/mol. The Labute approximate surface area is 137 Å². The number of unbranched alkanes of at least 4 members (excludes halogenated alkanes) is 8. The largest absolute Gasteiger partial charge is 0.381 e. The SMILES string of the molecule is CCCCCCCOCCSCCOCCCCCCC. The molecule has 21 heavy (non-hydrogen) atoms. The number of ether oxygens (including phenoxy) is 2. The summed E-state index contributed by atoms with van der Waals surface area (Å²) in [5, 5.41) is 0. The van der Waals surface area contributed by atoms with Crippen LogP contribution in [0, 0.1) is 0 Å². The molecule has 2 nitrogen and oxygen atoms in total. The van der Waals surface area contributed by atoms with Crippen molar-refractivity contribution in [3.8, 4) is 0 Å². The molecule has 0 saturated heterocycles. The van der Waals surface area contributed by atoms with Crippen molar-refractivity contribution in [3.63, 3.8) is 0 Å². The molecule has 0 N–H and O–H groups in total.